The first-order chi connectivity index (χ1) is 26.8. The van der Waals surface area contributed by atoms with Gasteiger partial charge in [-0.1, -0.05) is 149 Å². The molecule has 0 unspecified atom stereocenters. The molecule has 1 nitrogen and oxygen atoms in total. The maximum Gasteiger partial charge on any atom is 0.0544 e. The summed E-state index contributed by atoms with van der Waals surface area (Å²) in [6, 6.07) is 62.0. The maximum absolute atomic E-state index is 2.57. The van der Waals surface area contributed by atoms with E-state index in [2.05, 4.69) is 196 Å². The second kappa shape index (κ2) is 10.6. The Morgan fingerprint density at radius 2 is 0.782 bits per heavy atom. The topological polar surface area (TPSA) is 4.93 Å². The molecular formula is C54H39N. The van der Waals surface area contributed by atoms with Crippen LogP contribution in [-0.4, -0.2) is 4.57 Å². The molecular weight excluding hydrogens is 663 g/mol. The highest BCUT2D eigenvalue weighted by Crippen LogP contribution is 2.54. The summed E-state index contributed by atoms with van der Waals surface area (Å²) in [4.78, 5) is 0. The third kappa shape index (κ3) is 4.03. The van der Waals surface area contributed by atoms with Crippen molar-refractivity contribution in [2.45, 2.75) is 38.5 Å². The third-order valence-electron chi connectivity index (χ3n) is 13.4. The van der Waals surface area contributed by atoms with Gasteiger partial charge in [-0.25, -0.2) is 0 Å². The summed E-state index contributed by atoms with van der Waals surface area (Å²) < 4.78 is 2.57. The molecule has 0 aliphatic heterocycles. The molecule has 0 atom stereocenters. The Morgan fingerprint density at radius 1 is 0.309 bits per heavy atom. The fraction of sp³-hybridized carbons (Fsp3) is 0.111. The predicted octanol–water partition coefficient (Wildman–Crippen LogP) is 14.5. The van der Waals surface area contributed by atoms with E-state index >= 15 is 0 Å². The fourth-order valence-electron chi connectivity index (χ4n) is 10.6. The Bertz CT molecular complexity index is 3180. The van der Waals surface area contributed by atoms with Crippen molar-refractivity contribution < 1.29 is 0 Å². The summed E-state index contributed by atoms with van der Waals surface area (Å²) in [5.41, 5.74) is 17.0. The van der Waals surface area contributed by atoms with Crippen LogP contribution in [0.3, 0.4) is 0 Å². The molecule has 10 aromatic rings. The van der Waals surface area contributed by atoms with Gasteiger partial charge in [-0.05, 0) is 130 Å². The monoisotopic (exact) mass is 701 g/mol. The van der Waals surface area contributed by atoms with E-state index in [1.54, 1.807) is 0 Å². The van der Waals surface area contributed by atoms with Crippen LogP contribution in [0.1, 0.15) is 49.9 Å². The van der Waals surface area contributed by atoms with Crippen molar-refractivity contribution in [3.05, 3.63) is 186 Å². The highest BCUT2D eigenvalue weighted by atomic mass is 15.0. The zero-order valence-electron chi connectivity index (χ0n) is 31.5. The van der Waals surface area contributed by atoms with Gasteiger partial charge < -0.3 is 4.57 Å². The SMILES string of the molecule is CC1(C)c2ccccc2-c2cc3c4cc5c(cc4n(-c4ccc6c7cc(-c8ccccc8)ccc7c7ccccc7c6c4)c3cc21)C(C)(C)c1ccccc1-5. The molecule has 0 saturated carbocycles. The minimum atomic E-state index is -0.0982. The predicted molar refractivity (Wildman–Crippen MR) is 234 cm³/mol. The highest BCUT2D eigenvalue weighted by molar-refractivity contribution is 6.26. The van der Waals surface area contributed by atoms with Crippen LogP contribution in [-0.2, 0) is 10.8 Å². The first kappa shape index (κ1) is 31.0. The average molecular weight is 702 g/mol. The second-order valence-corrected chi connectivity index (χ2v) is 16.9. The third-order valence-corrected chi connectivity index (χ3v) is 13.4. The van der Waals surface area contributed by atoms with Crippen LogP contribution in [0.15, 0.2) is 164 Å². The largest absolute Gasteiger partial charge is 0.309 e. The van der Waals surface area contributed by atoms with Crippen molar-refractivity contribution in [2.24, 2.45) is 0 Å². The first-order valence-electron chi connectivity index (χ1n) is 19.6. The number of fused-ring (bicyclic) bond motifs is 15. The zero-order valence-corrected chi connectivity index (χ0v) is 31.5. The number of nitrogens with zero attached hydrogens (tertiary/aromatic N) is 1. The van der Waals surface area contributed by atoms with Gasteiger partial charge in [0.2, 0.25) is 0 Å². The zero-order chi connectivity index (χ0) is 36.8. The fourth-order valence-corrected chi connectivity index (χ4v) is 10.6. The van der Waals surface area contributed by atoms with Crippen LogP contribution in [0.5, 0.6) is 0 Å². The van der Waals surface area contributed by atoms with Crippen LogP contribution >= 0.6 is 0 Å². The van der Waals surface area contributed by atoms with Gasteiger partial charge in [0.15, 0.2) is 0 Å². The standard InChI is InChI=1S/C54H39N/c1-53(2)47-20-12-10-18-39(47)43-28-45-46-29-44-40-19-11-13-21-48(40)54(3,4)50(44)31-52(46)55(51(45)30-49(43)53)34-23-25-38-41-26-33(32-14-6-5-7-15-32)22-24-37(41)35-16-8-9-17-36(35)42(38)27-34/h5-31H,1-4H3. The van der Waals surface area contributed by atoms with Crippen LogP contribution in [0.25, 0.3) is 93.2 Å². The van der Waals surface area contributed by atoms with Gasteiger partial charge in [0.1, 0.15) is 0 Å². The molecule has 0 N–H and O–H groups in total. The lowest BCUT2D eigenvalue weighted by atomic mass is 9.82. The summed E-state index contributed by atoms with van der Waals surface area (Å²) in [6.07, 6.45) is 0. The normalized spacial score (nSPS) is 14.8. The van der Waals surface area contributed by atoms with Crippen molar-refractivity contribution in [3.63, 3.8) is 0 Å². The lowest BCUT2D eigenvalue weighted by Gasteiger charge is -2.22. The molecule has 55 heavy (non-hydrogen) atoms. The minimum Gasteiger partial charge on any atom is -0.309 e. The Balaban J connectivity index is 1.19. The number of benzene rings is 9. The van der Waals surface area contributed by atoms with E-state index < -0.39 is 0 Å². The second-order valence-electron chi connectivity index (χ2n) is 16.9. The quantitative estimate of drug-likeness (QED) is 0.158. The Labute approximate surface area is 321 Å². The smallest absolute Gasteiger partial charge is 0.0544 e. The van der Waals surface area contributed by atoms with Crippen LogP contribution in [0.2, 0.25) is 0 Å². The van der Waals surface area contributed by atoms with Crippen LogP contribution in [0, 0.1) is 0 Å². The molecule has 260 valence electrons. The van der Waals surface area contributed by atoms with Crippen molar-refractivity contribution in [1.82, 2.24) is 4.57 Å². The van der Waals surface area contributed by atoms with E-state index in [-0.39, 0.29) is 10.8 Å². The lowest BCUT2D eigenvalue weighted by molar-refractivity contribution is 0.660. The number of hydrogen-bond donors (Lipinski definition) is 0. The summed E-state index contributed by atoms with van der Waals surface area (Å²) in [5.74, 6) is 0. The molecule has 0 radical (unpaired) electrons. The van der Waals surface area contributed by atoms with Crippen molar-refractivity contribution in [2.75, 3.05) is 0 Å². The lowest BCUT2D eigenvalue weighted by Crippen LogP contribution is -2.15. The van der Waals surface area contributed by atoms with Crippen molar-refractivity contribution in [3.8, 4) is 39.1 Å². The van der Waals surface area contributed by atoms with Gasteiger partial charge in [-0.2, -0.15) is 0 Å². The average Bonchev–Trinajstić information content (AvgIpc) is 3.75. The number of rotatable bonds is 2. The van der Waals surface area contributed by atoms with Crippen molar-refractivity contribution >= 4 is 54.1 Å². The Kier molecular flexibility index (Phi) is 5.98. The molecule has 12 rings (SSSR count). The number of hydrogen-bond acceptors (Lipinski definition) is 0. The molecule has 0 spiro atoms. The van der Waals surface area contributed by atoms with Crippen molar-refractivity contribution in [1.29, 1.82) is 0 Å². The van der Waals surface area contributed by atoms with Crippen LogP contribution < -0.4 is 0 Å². The van der Waals surface area contributed by atoms with E-state index in [0.717, 1.165) is 0 Å². The van der Waals surface area contributed by atoms with Gasteiger partial charge in [-0.15, -0.1) is 0 Å². The Morgan fingerprint density at radius 3 is 1.40 bits per heavy atom. The minimum absolute atomic E-state index is 0.0982. The number of aromatic nitrogens is 1. The maximum atomic E-state index is 2.57. The molecule has 0 fully saturated rings. The molecule has 0 bridgehead atoms. The van der Waals surface area contributed by atoms with E-state index in [1.807, 2.05) is 0 Å². The Hall–Kier alpha value is -6.44. The van der Waals surface area contributed by atoms with Gasteiger partial charge in [0.25, 0.3) is 0 Å². The molecule has 0 amide bonds. The van der Waals surface area contributed by atoms with Gasteiger partial charge in [-0.3, -0.25) is 0 Å². The molecule has 2 aliphatic carbocycles. The molecule has 9 aromatic carbocycles. The van der Waals surface area contributed by atoms with Crippen LogP contribution in [0.4, 0.5) is 0 Å². The van der Waals surface area contributed by atoms with Gasteiger partial charge in [0, 0.05) is 27.3 Å². The first-order valence-corrected chi connectivity index (χ1v) is 19.6. The van der Waals surface area contributed by atoms with Gasteiger partial charge >= 0.3 is 0 Å². The molecule has 1 aromatic heterocycles. The highest BCUT2D eigenvalue weighted by Gasteiger charge is 2.38. The molecule has 1 heteroatoms. The van der Waals surface area contributed by atoms with E-state index in [1.165, 1.54) is 115 Å². The van der Waals surface area contributed by atoms with E-state index in [9.17, 15) is 0 Å². The molecule has 0 saturated heterocycles. The summed E-state index contributed by atoms with van der Waals surface area (Å²) in [5, 5.41) is 10.3. The van der Waals surface area contributed by atoms with E-state index in [0.29, 0.717) is 0 Å². The van der Waals surface area contributed by atoms with Gasteiger partial charge in [0.05, 0.1) is 11.0 Å². The summed E-state index contributed by atoms with van der Waals surface area (Å²) >= 11 is 0. The molecule has 1 heterocycles. The summed E-state index contributed by atoms with van der Waals surface area (Å²) in [7, 11) is 0. The summed E-state index contributed by atoms with van der Waals surface area (Å²) in [6.45, 7) is 9.56. The van der Waals surface area contributed by atoms with E-state index in [4.69, 9.17) is 0 Å². The molecule has 2 aliphatic rings.